The van der Waals surface area contributed by atoms with Crippen LogP contribution in [0, 0.1) is 5.82 Å². The molecule has 0 bridgehead atoms. The van der Waals surface area contributed by atoms with E-state index in [9.17, 15) is 9.18 Å². The van der Waals surface area contributed by atoms with Crippen molar-refractivity contribution in [2.45, 2.75) is 37.0 Å². The number of hydrogen-bond acceptors (Lipinski definition) is 5. The van der Waals surface area contributed by atoms with E-state index in [0.717, 1.165) is 30.2 Å². The first-order valence-corrected chi connectivity index (χ1v) is 11.5. The first-order chi connectivity index (χ1) is 14.0. The lowest BCUT2D eigenvalue weighted by atomic mass is 10.2. The molecule has 29 heavy (non-hydrogen) atoms. The van der Waals surface area contributed by atoms with Crippen molar-refractivity contribution in [1.29, 1.82) is 0 Å². The molecule has 0 N–H and O–H groups in total. The molecule has 5 nitrogen and oxygen atoms in total. The monoisotopic (exact) mass is 450 g/mol. The first kappa shape index (κ1) is 20.4. The van der Waals surface area contributed by atoms with Gasteiger partial charge in [-0.3, -0.25) is 4.79 Å². The molecular formula is C20H20ClFN4OS2. The van der Waals surface area contributed by atoms with Crippen molar-refractivity contribution in [1.82, 2.24) is 19.7 Å². The Hall–Kier alpha value is -1.90. The Morgan fingerprint density at radius 3 is 2.86 bits per heavy atom. The van der Waals surface area contributed by atoms with Gasteiger partial charge in [-0.25, -0.2) is 4.39 Å². The van der Waals surface area contributed by atoms with E-state index >= 15 is 0 Å². The molecule has 1 fully saturated rings. The molecule has 0 unspecified atom stereocenters. The number of halogens is 2. The van der Waals surface area contributed by atoms with Gasteiger partial charge in [-0.15, -0.1) is 21.5 Å². The maximum atomic E-state index is 14.0. The minimum absolute atomic E-state index is 0.112. The average molecular weight is 451 g/mol. The SMILES string of the molecule is CN(Cc1c(F)cccc1Cl)C(=O)CSc1nnc(Cc2cccs2)n1C1CC1. The first-order valence-electron chi connectivity index (χ1n) is 9.28. The van der Waals surface area contributed by atoms with Gasteiger partial charge < -0.3 is 9.47 Å². The van der Waals surface area contributed by atoms with E-state index in [1.54, 1.807) is 30.5 Å². The summed E-state index contributed by atoms with van der Waals surface area (Å²) in [6.07, 6.45) is 2.98. The molecule has 0 spiro atoms. The van der Waals surface area contributed by atoms with Crippen LogP contribution >= 0.6 is 34.7 Å². The Bertz CT molecular complexity index is 984. The van der Waals surface area contributed by atoms with E-state index in [1.807, 2.05) is 6.07 Å². The molecule has 2 aromatic heterocycles. The number of thioether (sulfide) groups is 1. The van der Waals surface area contributed by atoms with Crippen molar-refractivity contribution in [2.75, 3.05) is 12.8 Å². The average Bonchev–Trinajstić information content (AvgIpc) is 3.25. The van der Waals surface area contributed by atoms with Crippen molar-refractivity contribution >= 4 is 40.6 Å². The maximum absolute atomic E-state index is 14.0. The zero-order valence-corrected chi connectivity index (χ0v) is 18.2. The molecule has 1 aliphatic carbocycles. The highest BCUT2D eigenvalue weighted by molar-refractivity contribution is 7.99. The van der Waals surface area contributed by atoms with Gasteiger partial charge in [-0.1, -0.05) is 35.5 Å². The van der Waals surface area contributed by atoms with Crippen LogP contribution in [-0.2, 0) is 17.8 Å². The van der Waals surface area contributed by atoms with Crippen LogP contribution in [0.3, 0.4) is 0 Å². The van der Waals surface area contributed by atoms with Crippen LogP contribution in [0.1, 0.15) is 35.1 Å². The summed E-state index contributed by atoms with van der Waals surface area (Å²) in [5, 5.41) is 11.8. The number of hydrogen-bond donors (Lipinski definition) is 0. The quantitative estimate of drug-likeness (QED) is 0.462. The lowest BCUT2D eigenvalue weighted by molar-refractivity contribution is -0.127. The Labute approximate surface area is 181 Å². The molecule has 1 aliphatic rings. The Kier molecular flexibility index (Phi) is 6.22. The molecule has 152 valence electrons. The largest absolute Gasteiger partial charge is 0.341 e. The molecule has 1 saturated carbocycles. The number of carbonyl (C=O) groups is 1. The van der Waals surface area contributed by atoms with Gasteiger partial charge in [-0.05, 0) is 36.4 Å². The van der Waals surface area contributed by atoms with Crippen molar-refractivity contribution in [3.8, 4) is 0 Å². The van der Waals surface area contributed by atoms with Crippen LogP contribution in [0.2, 0.25) is 5.02 Å². The van der Waals surface area contributed by atoms with Gasteiger partial charge in [0, 0.05) is 41.5 Å². The molecule has 0 radical (unpaired) electrons. The molecule has 3 aromatic rings. The molecule has 1 amide bonds. The van der Waals surface area contributed by atoms with E-state index in [4.69, 9.17) is 11.6 Å². The van der Waals surface area contributed by atoms with E-state index in [0.29, 0.717) is 16.6 Å². The summed E-state index contributed by atoms with van der Waals surface area (Å²) in [6.45, 7) is 0.129. The van der Waals surface area contributed by atoms with Gasteiger partial charge in [-0.2, -0.15) is 0 Å². The smallest absolute Gasteiger partial charge is 0.233 e. The summed E-state index contributed by atoms with van der Waals surface area (Å²) >= 11 is 9.15. The Morgan fingerprint density at radius 1 is 1.34 bits per heavy atom. The molecule has 2 heterocycles. The number of benzene rings is 1. The van der Waals surface area contributed by atoms with Gasteiger partial charge in [0.2, 0.25) is 5.91 Å². The fourth-order valence-electron chi connectivity index (χ4n) is 3.04. The third-order valence-electron chi connectivity index (χ3n) is 4.77. The zero-order chi connectivity index (χ0) is 20.4. The summed E-state index contributed by atoms with van der Waals surface area (Å²) in [7, 11) is 1.65. The predicted molar refractivity (Wildman–Crippen MR) is 114 cm³/mol. The van der Waals surface area contributed by atoms with Gasteiger partial charge in [0.05, 0.1) is 5.75 Å². The summed E-state index contributed by atoms with van der Waals surface area (Å²) in [5.41, 5.74) is 0.328. The van der Waals surface area contributed by atoms with Gasteiger partial charge >= 0.3 is 0 Å². The summed E-state index contributed by atoms with van der Waals surface area (Å²) in [4.78, 5) is 15.3. The molecule has 9 heteroatoms. The van der Waals surface area contributed by atoms with Crippen LogP contribution < -0.4 is 0 Å². The molecule has 0 saturated heterocycles. The van der Waals surface area contributed by atoms with Crippen molar-refractivity contribution in [3.05, 3.63) is 62.8 Å². The lowest BCUT2D eigenvalue weighted by Gasteiger charge is -2.18. The minimum Gasteiger partial charge on any atom is -0.341 e. The number of aromatic nitrogens is 3. The van der Waals surface area contributed by atoms with Crippen molar-refractivity contribution in [3.63, 3.8) is 0 Å². The second kappa shape index (κ2) is 8.85. The molecule has 0 atom stereocenters. The number of amides is 1. The highest BCUT2D eigenvalue weighted by atomic mass is 35.5. The topological polar surface area (TPSA) is 51.0 Å². The second-order valence-electron chi connectivity index (χ2n) is 6.99. The third-order valence-corrected chi connectivity index (χ3v) is 6.93. The Morgan fingerprint density at radius 2 is 2.17 bits per heavy atom. The normalized spacial score (nSPS) is 13.6. The van der Waals surface area contributed by atoms with Gasteiger partial charge in [0.15, 0.2) is 5.16 Å². The highest BCUT2D eigenvalue weighted by Gasteiger charge is 2.30. The second-order valence-corrected chi connectivity index (χ2v) is 9.38. The molecule has 1 aromatic carbocycles. The fraction of sp³-hybridized carbons (Fsp3) is 0.350. The van der Waals surface area contributed by atoms with Gasteiger partial charge in [0.1, 0.15) is 11.6 Å². The molecular weight excluding hydrogens is 431 g/mol. The maximum Gasteiger partial charge on any atom is 0.233 e. The molecule has 4 rings (SSSR count). The van der Waals surface area contributed by atoms with E-state index in [-0.39, 0.29) is 18.2 Å². The van der Waals surface area contributed by atoms with Crippen molar-refractivity contribution < 1.29 is 9.18 Å². The highest BCUT2D eigenvalue weighted by Crippen LogP contribution is 2.39. The van der Waals surface area contributed by atoms with Gasteiger partial charge in [0.25, 0.3) is 0 Å². The summed E-state index contributed by atoms with van der Waals surface area (Å²) in [5.74, 6) is 0.638. The van der Waals surface area contributed by atoms with Crippen LogP contribution in [0.4, 0.5) is 4.39 Å². The third kappa shape index (κ3) is 4.82. The van der Waals surface area contributed by atoms with Crippen LogP contribution in [-0.4, -0.2) is 38.4 Å². The summed E-state index contributed by atoms with van der Waals surface area (Å²) in [6, 6.07) is 9.08. The molecule has 0 aliphatic heterocycles. The van der Waals surface area contributed by atoms with Crippen LogP contribution in [0.5, 0.6) is 0 Å². The Balaban J connectivity index is 1.41. The van der Waals surface area contributed by atoms with Crippen LogP contribution in [0.15, 0.2) is 40.9 Å². The van der Waals surface area contributed by atoms with Crippen LogP contribution in [0.25, 0.3) is 0 Å². The lowest BCUT2D eigenvalue weighted by Crippen LogP contribution is -2.28. The minimum atomic E-state index is -0.406. The fourth-order valence-corrected chi connectivity index (χ4v) is 4.93. The van der Waals surface area contributed by atoms with E-state index in [2.05, 4.69) is 26.2 Å². The number of rotatable bonds is 8. The standard InChI is InChI=1S/C20H20ClFN4OS2/c1-25(11-15-16(21)5-2-6-17(15)22)19(27)12-29-20-24-23-18(26(20)13-7-8-13)10-14-4-3-9-28-14/h2-6,9,13H,7-8,10-12H2,1H3. The zero-order valence-electron chi connectivity index (χ0n) is 15.8. The van der Waals surface area contributed by atoms with E-state index in [1.165, 1.54) is 27.6 Å². The predicted octanol–water partition coefficient (Wildman–Crippen LogP) is 4.81. The summed E-state index contributed by atoms with van der Waals surface area (Å²) < 4.78 is 16.2. The number of nitrogens with zero attached hydrogens (tertiary/aromatic N) is 4. The number of carbonyl (C=O) groups excluding carboxylic acids is 1. The van der Waals surface area contributed by atoms with E-state index < -0.39 is 5.82 Å². The number of thiophene rings is 1. The van der Waals surface area contributed by atoms with Crippen molar-refractivity contribution in [2.24, 2.45) is 0 Å².